The summed E-state index contributed by atoms with van der Waals surface area (Å²) in [5.41, 5.74) is 3.16. The highest BCUT2D eigenvalue weighted by atomic mass is 32.2. The Morgan fingerprint density at radius 1 is 1.17 bits per heavy atom. The van der Waals surface area contributed by atoms with Crippen LogP contribution in [0.15, 0.2) is 72.3 Å². The van der Waals surface area contributed by atoms with Crippen LogP contribution in [0.1, 0.15) is 12.0 Å². The largest absolute Gasteiger partial charge is 0.361 e. The van der Waals surface area contributed by atoms with Crippen LogP contribution in [0, 0.1) is 0 Å². The molecule has 0 aliphatic heterocycles. The monoisotopic (exact) mass is 336 g/mol. The van der Waals surface area contributed by atoms with Crippen LogP contribution < -0.4 is 5.32 Å². The fraction of sp³-hybridized carbons (Fsp3) is 0.150. The van der Waals surface area contributed by atoms with E-state index in [0.29, 0.717) is 6.42 Å². The number of aromatic nitrogens is 1. The van der Waals surface area contributed by atoms with Crippen LogP contribution in [0.4, 0.5) is 5.69 Å². The molecule has 24 heavy (non-hydrogen) atoms. The summed E-state index contributed by atoms with van der Waals surface area (Å²) in [7, 11) is 0. The van der Waals surface area contributed by atoms with E-state index in [4.69, 9.17) is 0 Å². The minimum absolute atomic E-state index is 0.0342. The molecule has 0 aliphatic carbocycles. The number of benzene rings is 2. The summed E-state index contributed by atoms with van der Waals surface area (Å²) < 4.78 is 0. The number of hydrogen-bond acceptors (Lipinski definition) is 2. The number of aromatic amines is 1. The maximum Gasteiger partial charge on any atom is 0.224 e. The van der Waals surface area contributed by atoms with Crippen LogP contribution in [-0.2, 0) is 11.2 Å². The van der Waals surface area contributed by atoms with Crippen molar-refractivity contribution in [3.8, 4) is 0 Å². The van der Waals surface area contributed by atoms with E-state index in [9.17, 15) is 4.79 Å². The summed E-state index contributed by atoms with van der Waals surface area (Å²) in [6, 6.07) is 16.0. The summed E-state index contributed by atoms with van der Waals surface area (Å²) in [6.07, 6.45) is 5.03. The van der Waals surface area contributed by atoms with Gasteiger partial charge in [-0.05, 0) is 30.2 Å². The number of aryl methyl sites for hydroxylation is 1. The molecule has 1 heterocycles. The molecule has 122 valence electrons. The normalized spacial score (nSPS) is 10.7. The fourth-order valence-corrected chi connectivity index (χ4v) is 3.39. The molecule has 0 radical (unpaired) electrons. The van der Waals surface area contributed by atoms with Gasteiger partial charge in [0, 0.05) is 34.2 Å². The number of rotatable bonds is 7. The summed E-state index contributed by atoms with van der Waals surface area (Å²) in [5, 5.41) is 4.21. The van der Waals surface area contributed by atoms with Crippen molar-refractivity contribution in [1.82, 2.24) is 4.98 Å². The van der Waals surface area contributed by atoms with Gasteiger partial charge in [-0.3, -0.25) is 4.79 Å². The molecule has 0 atom stereocenters. The summed E-state index contributed by atoms with van der Waals surface area (Å²) in [6.45, 7) is 3.74. The Hall–Kier alpha value is -2.46. The minimum atomic E-state index is 0.0342. The molecule has 4 heteroatoms. The van der Waals surface area contributed by atoms with Crippen molar-refractivity contribution >= 4 is 34.3 Å². The van der Waals surface area contributed by atoms with E-state index in [1.54, 1.807) is 11.8 Å². The Labute approximate surface area is 146 Å². The average Bonchev–Trinajstić information content (AvgIpc) is 3.02. The van der Waals surface area contributed by atoms with Gasteiger partial charge in [0.25, 0.3) is 0 Å². The van der Waals surface area contributed by atoms with E-state index in [2.05, 4.69) is 22.9 Å². The SMILES string of the molecule is C=CCSc1ccccc1NC(=O)CCc1c[nH]c2ccccc12. The molecule has 3 aromatic rings. The third-order valence-electron chi connectivity index (χ3n) is 3.81. The molecule has 0 bridgehead atoms. The van der Waals surface area contributed by atoms with Gasteiger partial charge >= 0.3 is 0 Å². The Morgan fingerprint density at radius 2 is 1.96 bits per heavy atom. The number of H-pyrrole nitrogens is 1. The lowest BCUT2D eigenvalue weighted by Gasteiger charge is -2.10. The Kier molecular flexibility index (Phi) is 5.39. The standard InChI is InChI=1S/C20H20N2OS/c1-2-13-24-19-10-6-5-9-18(19)22-20(23)12-11-15-14-21-17-8-4-3-7-16(15)17/h2-10,14,21H,1,11-13H2,(H,22,23). The first-order valence-electron chi connectivity index (χ1n) is 7.95. The number of thioether (sulfide) groups is 1. The van der Waals surface area contributed by atoms with E-state index in [1.807, 2.05) is 54.7 Å². The summed E-state index contributed by atoms with van der Waals surface area (Å²) in [4.78, 5) is 16.6. The first-order valence-corrected chi connectivity index (χ1v) is 8.94. The quantitative estimate of drug-likeness (QED) is 0.470. The summed E-state index contributed by atoms with van der Waals surface area (Å²) >= 11 is 1.67. The molecule has 0 aliphatic rings. The first-order chi connectivity index (χ1) is 11.8. The van der Waals surface area contributed by atoms with Crippen LogP contribution >= 0.6 is 11.8 Å². The van der Waals surface area contributed by atoms with Crippen molar-refractivity contribution in [3.63, 3.8) is 0 Å². The smallest absolute Gasteiger partial charge is 0.224 e. The number of anilines is 1. The maximum atomic E-state index is 12.3. The van der Waals surface area contributed by atoms with Gasteiger partial charge in [-0.1, -0.05) is 36.4 Å². The molecular formula is C20H20N2OS. The number of carbonyl (C=O) groups excluding carboxylic acids is 1. The van der Waals surface area contributed by atoms with Gasteiger partial charge in [-0.25, -0.2) is 0 Å². The van der Waals surface area contributed by atoms with Gasteiger partial charge in [0.15, 0.2) is 0 Å². The van der Waals surface area contributed by atoms with E-state index in [0.717, 1.165) is 28.3 Å². The first kappa shape index (κ1) is 16.4. The lowest BCUT2D eigenvalue weighted by Crippen LogP contribution is -2.12. The Balaban J connectivity index is 1.63. The molecule has 1 aromatic heterocycles. The van der Waals surface area contributed by atoms with E-state index >= 15 is 0 Å². The fourth-order valence-electron chi connectivity index (χ4n) is 2.64. The van der Waals surface area contributed by atoms with Crippen LogP contribution in [0.25, 0.3) is 10.9 Å². The number of para-hydroxylation sites is 2. The molecule has 0 fully saturated rings. The second kappa shape index (κ2) is 7.88. The van der Waals surface area contributed by atoms with Gasteiger partial charge in [0.2, 0.25) is 5.91 Å². The zero-order valence-electron chi connectivity index (χ0n) is 13.4. The molecule has 3 nitrogen and oxygen atoms in total. The second-order valence-electron chi connectivity index (χ2n) is 5.50. The van der Waals surface area contributed by atoms with Crippen LogP contribution in [-0.4, -0.2) is 16.6 Å². The molecule has 0 unspecified atom stereocenters. The van der Waals surface area contributed by atoms with E-state index in [1.165, 1.54) is 10.9 Å². The second-order valence-corrected chi connectivity index (χ2v) is 6.57. The van der Waals surface area contributed by atoms with Crippen molar-refractivity contribution in [2.24, 2.45) is 0 Å². The van der Waals surface area contributed by atoms with Gasteiger partial charge in [0.05, 0.1) is 5.69 Å². The van der Waals surface area contributed by atoms with Crippen LogP contribution in [0.3, 0.4) is 0 Å². The zero-order valence-corrected chi connectivity index (χ0v) is 14.2. The van der Waals surface area contributed by atoms with Crippen molar-refractivity contribution in [2.75, 3.05) is 11.1 Å². The molecule has 0 saturated carbocycles. The Bertz CT molecular complexity index is 853. The molecular weight excluding hydrogens is 316 g/mol. The topological polar surface area (TPSA) is 44.9 Å². The van der Waals surface area contributed by atoms with Gasteiger partial charge in [0.1, 0.15) is 0 Å². The number of amides is 1. The maximum absolute atomic E-state index is 12.3. The lowest BCUT2D eigenvalue weighted by molar-refractivity contribution is -0.116. The van der Waals surface area contributed by atoms with Crippen molar-refractivity contribution in [2.45, 2.75) is 17.7 Å². The van der Waals surface area contributed by atoms with Gasteiger partial charge < -0.3 is 10.3 Å². The predicted molar refractivity (Wildman–Crippen MR) is 103 cm³/mol. The molecule has 0 saturated heterocycles. The molecule has 2 aromatic carbocycles. The number of nitrogens with one attached hydrogen (secondary N) is 2. The molecule has 3 rings (SSSR count). The number of carbonyl (C=O) groups is 1. The zero-order chi connectivity index (χ0) is 16.8. The van der Waals surface area contributed by atoms with Crippen molar-refractivity contribution in [1.29, 1.82) is 0 Å². The van der Waals surface area contributed by atoms with E-state index in [-0.39, 0.29) is 5.91 Å². The molecule has 2 N–H and O–H groups in total. The number of hydrogen-bond donors (Lipinski definition) is 2. The third kappa shape index (κ3) is 3.89. The highest BCUT2D eigenvalue weighted by Crippen LogP contribution is 2.27. The molecule has 1 amide bonds. The average molecular weight is 336 g/mol. The highest BCUT2D eigenvalue weighted by molar-refractivity contribution is 7.99. The summed E-state index contributed by atoms with van der Waals surface area (Å²) in [5.74, 6) is 0.856. The highest BCUT2D eigenvalue weighted by Gasteiger charge is 2.09. The van der Waals surface area contributed by atoms with Gasteiger partial charge in [-0.2, -0.15) is 0 Å². The Morgan fingerprint density at radius 3 is 2.83 bits per heavy atom. The van der Waals surface area contributed by atoms with E-state index < -0.39 is 0 Å². The molecule has 0 spiro atoms. The van der Waals surface area contributed by atoms with Crippen LogP contribution in [0.5, 0.6) is 0 Å². The minimum Gasteiger partial charge on any atom is -0.361 e. The van der Waals surface area contributed by atoms with Crippen molar-refractivity contribution < 1.29 is 4.79 Å². The van der Waals surface area contributed by atoms with Gasteiger partial charge in [-0.15, -0.1) is 18.3 Å². The lowest BCUT2D eigenvalue weighted by atomic mass is 10.1. The number of fused-ring (bicyclic) bond motifs is 1. The third-order valence-corrected chi connectivity index (χ3v) is 4.88. The van der Waals surface area contributed by atoms with Crippen LogP contribution in [0.2, 0.25) is 0 Å². The predicted octanol–water partition coefficient (Wildman–Crippen LogP) is 5.02. The van der Waals surface area contributed by atoms with Crippen molar-refractivity contribution in [3.05, 3.63) is 72.9 Å².